The van der Waals surface area contributed by atoms with E-state index in [0.29, 0.717) is 0 Å². The zero-order chi connectivity index (χ0) is 11.8. The summed E-state index contributed by atoms with van der Waals surface area (Å²) in [4.78, 5) is 6.88. The van der Waals surface area contributed by atoms with Crippen LogP contribution in [0.2, 0.25) is 0 Å². The molecule has 0 spiro atoms. The van der Waals surface area contributed by atoms with Gasteiger partial charge in [-0.05, 0) is 19.2 Å². The molecule has 90 valence electrons. The summed E-state index contributed by atoms with van der Waals surface area (Å²) in [6, 6.07) is 4.21. The van der Waals surface area contributed by atoms with Gasteiger partial charge in [0.2, 0.25) is 0 Å². The Kier molecular flexibility index (Phi) is 2.85. The maximum atomic E-state index is 4.59. The second kappa shape index (κ2) is 4.36. The first-order chi connectivity index (χ1) is 8.24. The molecule has 1 aliphatic heterocycles. The van der Waals surface area contributed by atoms with Gasteiger partial charge in [-0.3, -0.25) is 4.90 Å². The molecule has 6 heteroatoms. The number of hydrogen-bond donors (Lipinski definition) is 1. The number of fused-ring (bicyclic) bond motifs is 1. The third-order valence-electron chi connectivity index (χ3n) is 3.13. The number of rotatable bonds is 1. The molecule has 0 aliphatic carbocycles. The molecule has 0 radical (unpaired) electrons. The summed E-state index contributed by atoms with van der Waals surface area (Å²) in [6.45, 7) is 2.98. The largest absolute Gasteiger partial charge is 0.313 e. The summed E-state index contributed by atoms with van der Waals surface area (Å²) in [5.74, 6) is 0.887. The van der Waals surface area contributed by atoms with Crippen molar-refractivity contribution in [2.75, 3.05) is 26.7 Å². The molecule has 2 aromatic heterocycles. The fourth-order valence-corrected chi connectivity index (χ4v) is 2.43. The highest BCUT2D eigenvalue weighted by molar-refractivity contribution is 9.10. The first kappa shape index (κ1) is 11.1. The number of aromatic nitrogens is 3. The maximum Gasteiger partial charge on any atom is 0.170 e. The van der Waals surface area contributed by atoms with Crippen molar-refractivity contribution in [2.45, 2.75) is 6.04 Å². The number of piperazine rings is 1. The van der Waals surface area contributed by atoms with Gasteiger partial charge >= 0.3 is 0 Å². The predicted octanol–water partition coefficient (Wildman–Crippen LogP) is 1.07. The first-order valence-corrected chi connectivity index (χ1v) is 6.46. The molecule has 1 N–H and O–H groups in total. The van der Waals surface area contributed by atoms with Gasteiger partial charge in [-0.15, -0.1) is 5.10 Å². The Morgan fingerprint density at radius 3 is 3.24 bits per heavy atom. The molecule has 1 atom stereocenters. The van der Waals surface area contributed by atoms with Crippen LogP contribution in [0, 0.1) is 0 Å². The highest BCUT2D eigenvalue weighted by Crippen LogP contribution is 2.19. The Labute approximate surface area is 108 Å². The normalized spacial score (nSPS) is 22.1. The van der Waals surface area contributed by atoms with E-state index in [1.54, 1.807) is 0 Å². The van der Waals surface area contributed by atoms with Gasteiger partial charge in [0.05, 0.1) is 6.04 Å². The van der Waals surface area contributed by atoms with Crippen LogP contribution in [0.15, 0.2) is 22.8 Å². The summed E-state index contributed by atoms with van der Waals surface area (Å²) in [5.41, 5.74) is 0.883. The van der Waals surface area contributed by atoms with E-state index in [1.807, 2.05) is 22.8 Å². The summed E-state index contributed by atoms with van der Waals surface area (Å²) in [7, 11) is 2.12. The number of nitrogens with zero attached hydrogens (tertiary/aromatic N) is 4. The second-order valence-electron chi connectivity index (χ2n) is 4.32. The highest BCUT2D eigenvalue weighted by atomic mass is 79.9. The molecule has 3 heterocycles. The van der Waals surface area contributed by atoms with Gasteiger partial charge in [-0.2, -0.15) is 0 Å². The Morgan fingerprint density at radius 2 is 2.41 bits per heavy atom. The minimum Gasteiger partial charge on any atom is -0.313 e. The predicted molar refractivity (Wildman–Crippen MR) is 68.9 cm³/mol. The van der Waals surface area contributed by atoms with E-state index >= 15 is 0 Å². The highest BCUT2D eigenvalue weighted by Gasteiger charge is 2.24. The monoisotopic (exact) mass is 295 g/mol. The van der Waals surface area contributed by atoms with Crippen LogP contribution in [0.4, 0.5) is 0 Å². The maximum absolute atomic E-state index is 4.59. The van der Waals surface area contributed by atoms with Crippen LogP contribution in [0.5, 0.6) is 0 Å². The molecule has 3 rings (SSSR count). The first-order valence-electron chi connectivity index (χ1n) is 5.67. The Hall–Kier alpha value is -0.980. The zero-order valence-corrected chi connectivity index (χ0v) is 11.2. The lowest BCUT2D eigenvalue weighted by Crippen LogP contribution is -2.44. The van der Waals surface area contributed by atoms with Crippen molar-refractivity contribution in [1.29, 1.82) is 0 Å². The quantitative estimate of drug-likeness (QED) is 0.855. The molecule has 17 heavy (non-hydrogen) atoms. The molecule has 0 aromatic carbocycles. The van der Waals surface area contributed by atoms with Crippen molar-refractivity contribution in [2.24, 2.45) is 0 Å². The Bertz CT molecular complexity index is 538. The van der Waals surface area contributed by atoms with Crippen molar-refractivity contribution in [3.8, 4) is 0 Å². The van der Waals surface area contributed by atoms with Crippen molar-refractivity contribution >= 4 is 21.6 Å². The fourth-order valence-electron chi connectivity index (χ4n) is 2.11. The average molecular weight is 296 g/mol. The Balaban J connectivity index is 1.99. The van der Waals surface area contributed by atoms with E-state index in [9.17, 15) is 0 Å². The molecule has 0 bridgehead atoms. The number of halogens is 1. The molecule has 2 aromatic rings. The van der Waals surface area contributed by atoms with Gasteiger partial charge in [0, 0.05) is 30.3 Å². The van der Waals surface area contributed by atoms with E-state index in [1.165, 1.54) is 0 Å². The number of pyridine rings is 1. The van der Waals surface area contributed by atoms with E-state index in [-0.39, 0.29) is 6.04 Å². The van der Waals surface area contributed by atoms with Crippen molar-refractivity contribution in [3.05, 3.63) is 28.6 Å². The molecule has 1 aliphatic rings. The van der Waals surface area contributed by atoms with Crippen LogP contribution < -0.4 is 5.32 Å². The van der Waals surface area contributed by atoms with E-state index in [0.717, 1.165) is 35.6 Å². The van der Waals surface area contributed by atoms with E-state index in [4.69, 9.17) is 0 Å². The number of nitrogens with one attached hydrogen (secondary N) is 1. The molecule has 0 saturated carbocycles. The van der Waals surface area contributed by atoms with Crippen LogP contribution in [0.1, 0.15) is 11.9 Å². The lowest BCUT2D eigenvalue weighted by molar-refractivity contribution is 0.194. The topological polar surface area (TPSA) is 45.5 Å². The van der Waals surface area contributed by atoms with Crippen LogP contribution in [-0.4, -0.2) is 46.2 Å². The molecule has 5 nitrogen and oxygen atoms in total. The molecule has 1 saturated heterocycles. The fraction of sp³-hybridized carbons (Fsp3) is 0.455. The minimum absolute atomic E-state index is 0.266. The lowest BCUT2D eigenvalue weighted by Gasteiger charge is -2.30. The van der Waals surface area contributed by atoms with Crippen molar-refractivity contribution in [3.63, 3.8) is 0 Å². The van der Waals surface area contributed by atoms with Crippen molar-refractivity contribution in [1.82, 2.24) is 24.8 Å². The minimum atomic E-state index is 0.266. The second-order valence-corrected chi connectivity index (χ2v) is 5.23. The van der Waals surface area contributed by atoms with Crippen LogP contribution in [0.3, 0.4) is 0 Å². The lowest BCUT2D eigenvalue weighted by atomic mass is 10.2. The summed E-state index contributed by atoms with van der Waals surface area (Å²) < 4.78 is 2.85. The van der Waals surface area contributed by atoms with E-state index < -0.39 is 0 Å². The summed E-state index contributed by atoms with van der Waals surface area (Å²) in [6.07, 6.45) is 1.92. The standard InChI is InChI=1S/C11H14BrN5/c1-16-5-3-13-7-9(16)11-14-10-6-8(12)2-4-17(10)15-11/h2,4,6,9,13H,3,5,7H2,1H3. The average Bonchev–Trinajstić information content (AvgIpc) is 2.72. The van der Waals surface area contributed by atoms with Gasteiger partial charge in [0.1, 0.15) is 0 Å². The molecule has 0 amide bonds. The molecular weight excluding hydrogens is 282 g/mol. The molecular formula is C11H14BrN5. The van der Waals surface area contributed by atoms with Gasteiger partial charge in [0.25, 0.3) is 0 Å². The molecule has 1 unspecified atom stereocenters. The number of likely N-dealkylation sites (N-methyl/N-ethyl adjacent to an activating group) is 1. The third kappa shape index (κ3) is 2.08. The summed E-state index contributed by atoms with van der Waals surface area (Å²) >= 11 is 3.45. The van der Waals surface area contributed by atoms with Gasteiger partial charge in [0.15, 0.2) is 11.5 Å². The molecule has 1 fully saturated rings. The smallest absolute Gasteiger partial charge is 0.170 e. The van der Waals surface area contributed by atoms with Crippen LogP contribution in [0.25, 0.3) is 5.65 Å². The zero-order valence-electron chi connectivity index (χ0n) is 9.60. The number of hydrogen-bond acceptors (Lipinski definition) is 4. The van der Waals surface area contributed by atoms with Gasteiger partial charge in [-0.25, -0.2) is 9.50 Å². The van der Waals surface area contributed by atoms with Crippen molar-refractivity contribution < 1.29 is 0 Å². The van der Waals surface area contributed by atoms with Gasteiger partial charge in [-0.1, -0.05) is 15.9 Å². The van der Waals surface area contributed by atoms with Crippen LogP contribution in [-0.2, 0) is 0 Å². The van der Waals surface area contributed by atoms with Gasteiger partial charge < -0.3 is 5.32 Å². The third-order valence-corrected chi connectivity index (χ3v) is 3.62. The van der Waals surface area contributed by atoms with E-state index in [2.05, 4.69) is 43.3 Å². The van der Waals surface area contributed by atoms with Crippen LogP contribution >= 0.6 is 15.9 Å². The summed E-state index contributed by atoms with van der Waals surface area (Å²) in [5, 5.41) is 7.91. The Morgan fingerprint density at radius 1 is 1.53 bits per heavy atom. The SMILES string of the molecule is CN1CCNCC1c1nc2cc(Br)ccn2n1.